The first kappa shape index (κ1) is 15.6. The Balaban J connectivity index is 1.67. The molecule has 1 heterocycles. The molecular weight excluding hydrogens is 315 g/mol. The number of nitrogens with one attached hydrogen (secondary N) is 2. The molecular formula is C17H15FN2O2S. The van der Waals surface area contributed by atoms with E-state index in [4.69, 9.17) is 0 Å². The second-order valence-electron chi connectivity index (χ2n) is 5.30. The molecule has 6 heteroatoms. The zero-order chi connectivity index (χ0) is 16.4. The minimum absolute atomic E-state index is 0.0572. The molecule has 0 spiro atoms. The van der Waals surface area contributed by atoms with Gasteiger partial charge in [0.1, 0.15) is 5.82 Å². The molecule has 0 saturated heterocycles. The van der Waals surface area contributed by atoms with Crippen molar-refractivity contribution in [3.63, 3.8) is 0 Å². The second kappa shape index (κ2) is 6.42. The van der Waals surface area contributed by atoms with Gasteiger partial charge in [0.05, 0.1) is 10.9 Å². The van der Waals surface area contributed by atoms with Crippen LogP contribution in [0.5, 0.6) is 0 Å². The summed E-state index contributed by atoms with van der Waals surface area (Å²) in [6.07, 6.45) is 0.0572. The quantitative estimate of drug-likeness (QED) is 0.904. The van der Waals surface area contributed by atoms with Crippen LogP contribution in [0.2, 0.25) is 0 Å². The highest BCUT2D eigenvalue weighted by Crippen LogP contribution is 2.36. The highest BCUT2D eigenvalue weighted by atomic mass is 32.2. The van der Waals surface area contributed by atoms with Crippen molar-refractivity contribution in [1.82, 2.24) is 0 Å². The molecule has 4 nitrogen and oxygen atoms in total. The molecule has 0 aliphatic carbocycles. The maximum absolute atomic E-state index is 13.1. The Morgan fingerprint density at radius 2 is 2.09 bits per heavy atom. The first-order valence-corrected chi connectivity index (χ1v) is 8.03. The number of rotatable bonds is 3. The van der Waals surface area contributed by atoms with Crippen molar-refractivity contribution < 1.29 is 14.0 Å². The van der Waals surface area contributed by atoms with Crippen LogP contribution in [0.4, 0.5) is 15.8 Å². The fourth-order valence-corrected chi connectivity index (χ4v) is 3.47. The van der Waals surface area contributed by atoms with Crippen molar-refractivity contribution in [2.24, 2.45) is 0 Å². The van der Waals surface area contributed by atoms with Crippen LogP contribution in [0.3, 0.4) is 0 Å². The Morgan fingerprint density at radius 3 is 2.87 bits per heavy atom. The summed E-state index contributed by atoms with van der Waals surface area (Å²) in [6.45, 7) is 1.72. The molecule has 0 unspecified atom stereocenters. The summed E-state index contributed by atoms with van der Waals surface area (Å²) < 4.78 is 13.1. The van der Waals surface area contributed by atoms with Gasteiger partial charge in [-0.25, -0.2) is 4.39 Å². The van der Waals surface area contributed by atoms with Gasteiger partial charge < -0.3 is 10.6 Å². The lowest BCUT2D eigenvalue weighted by molar-refractivity contribution is -0.120. The number of hydrogen-bond acceptors (Lipinski definition) is 3. The lowest BCUT2D eigenvalue weighted by Gasteiger charge is -2.23. The zero-order valence-electron chi connectivity index (χ0n) is 12.4. The monoisotopic (exact) mass is 330 g/mol. The minimum atomic E-state index is -0.481. The van der Waals surface area contributed by atoms with E-state index in [0.717, 1.165) is 10.6 Å². The third-order valence-electron chi connectivity index (χ3n) is 3.54. The van der Waals surface area contributed by atoms with Gasteiger partial charge >= 0.3 is 0 Å². The van der Waals surface area contributed by atoms with Gasteiger partial charge in [-0.05, 0) is 42.8 Å². The molecule has 0 bridgehead atoms. The fraction of sp³-hybridized carbons (Fsp3) is 0.176. The summed E-state index contributed by atoms with van der Waals surface area (Å²) in [7, 11) is 0. The summed E-state index contributed by atoms with van der Waals surface area (Å²) in [4.78, 5) is 25.2. The van der Waals surface area contributed by atoms with Gasteiger partial charge in [-0.3, -0.25) is 9.59 Å². The molecule has 0 radical (unpaired) electrons. The van der Waals surface area contributed by atoms with Gasteiger partial charge in [-0.1, -0.05) is 12.1 Å². The SMILES string of the molecule is Cc1cc(F)ccc1NC(=O)C[C@H]1Sc2ccccc2NC1=O. The van der Waals surface area contributed by atoms with Crippen molar-refractivity contribution in [3.8, 4) is 0 Å². The van der Waals surface area contributed by atoms with E-state index in [1.54, 1.807) is 6.92 Å². The molecule has 23 heavy (non-hydrogen) atoms. The van der Waals surface area contributed by atoms with Gasteiger partial charge in [0.25, 0.3) is 0 Å². The van der Waals surface area contributed by atoms with Crippen molar-refractivity contribution in [3.05, 3.63) is 53.8 Å². The maximum atomic E-state index is 13.1. The number of carbonyl (C=O) groups excluding carboxylic acids is 2. The van der Waals surface area contributed by atoms with Crippen LogP contribution in [0, 0.1) is 12.7 Å². The topological polar surface area (TPSA) is 58.2 Å². The van der Waals surface area contributed by atoms with E-state index in [1.807, 2.05) is 24.3 Å². The van der Waals surface area contributed by atoms with Crippen LogP contribution in [0.25, 0.3) is 0 Å². The number of amides is 2. The standard InChI is InChI=1S/C17H15FN2O2S/c1-10-8-11(18)6-7-12(10)19-16(21)9-15-17(22)20-13-4-2-3-5-14(13)23-15/h2-8,15H,9H2,1H3,(H,19,21)(H,20,22)/t15-/m1/s1. The predicted molar refractivity (Wildman–Crippen MR) is 89.1 cm³/mol. The number of benzene rings is 2. The van der Waals surface area contributed by atoms with Gasteiger partial charge in [-0.2, -0.15) is 0 Å². The van der Waals surface area contributed by atoms with Crippen molar-refractivity contribution in [1.29, 1.82) is 0 Å². The average Bonchev–Trinajstić information content (AvgIpc) is 2.51. The average molecular weight is 330 g/mol. The normalized spacial score (nSPS) is 16.4. The zero-order valence-corrected chi connectivity index (χ0v) is 13.2. The smallest absolute Gasteiger partial charge is 0.238 e. The van der Waals surface area contributed by atoms with E-state index in [-0.39, 0.29) is 24.1 Å². The van der Waals surface area contributed by atoms with E-state index >= 15 is 0 Å². The summed E-state index contributed by atoms with van der Waals surface area (Å²) in [6, 6.07) is 11.7. The fourth-order valence-electron chi connectivity index (χ4n) is 2.36. The van der Waals surface area contributed by atoms with Crippen LogP contribution in [0.15, 0.2) is 47.4 Å². The number of fused-ring (bicyclic) bond motifs is 1. The molecule has 3 rings (SSSR count). The number of aryl methyl sites for hydroxylation is 1. The molecule has 2 amide bonds. The molecule has 1 atom stereocenters. The minimum Gasteiger partial charge on any atom is -0.326 e. The van der Waals surface area contributed by atoms with Crippen molar-refractivity contribution >= 4 is 35.0 Å². The molecule has 0 fully saturated rings. The maximum Gasteiger partial charge on any atom is 0.238 e. The van der Waals surface area contributed by atoms with Crippen molar-refractivity contribution in [2.45, 2.75) is 23.5 Å². The van der Waals surface area contributed by atoms with Gasteiger partial charge in [-0.15, -0.1) is 11.8 Å². The molecule has 2 N–H and O–H groups in total. The van der Waals surface area contributed by atoms with Crippen LogP contribution in [-0.4, -0.2) is 17.1 Å². The highest BCUT2D eigenvalue weighted by molar-refractivity contribution is 8.01. The van der Waals surface area contributed by atoms with Gasteiger partial charge in [0, 0.05) is 17.0 Å². The van der Waals surface area contributed by atoms with Crippen molar-refractivity contribution in [2.75, 3.05) is 10.6 Å². The van der Waals surface area contributed by atoms with Crippen LogP contribution < -0.4 is 10.6 Å². The van der Waals surface area contributed by atoms with E-state index in [9.17, 15) is 14.0 Å². The van der Waals surface area contributed by atoms with E-state index < -0.39 is 5.25 Å². The second-order valence-corrected chi connectivity index (χ2v) is 6.55. The highest BCUT2D eigenvalue weighted by Gasteiger charge is 2.28. The van der Waals surface area contributed by atoms with Crippen LogP contribution in [0.1, 0.15) is 12.0 Å². The number of halogens is 1. The molecule has 2 aromatic rings. The summed E-state index contributed by atoms with van der Waals surface area (Å²) in [5, 5.41) is 5.06. The van der Waals surface area contributed by atoms with Gasteiger partial charge in [0.15, 0.2) is 0 Å². The Morgan fingerprint density at radius 1 is 1.30 bits per heavy atom. The lowest BCUT2D eigenvalue weighted by Crippen LogP contribution is -2.32. The molecule has 1 aliphatic rings. The molecule has 1 aliphatic heterocycles. The third kappa shape index (κ3) is 3.53. The summed E-state index contributed by atoms with van der Waals surface area (Å²) in [5.74, 6) is -0.800. The van der Waals surface area contributed by atoms with E-state index in [0.29, 0.717) is 11.3 Å². The third-order valence-corrected chi connectivity index (χ3v) is 4.82. The molecule has 0 saturated carbocycles. The Bertz CT molecular complexity index is 779. The van der Waals surface area contributed by atoms with Crippen LogP contribution in [-0.2, 0) is 9.59 Å². The first-order valence-electron chi connectivity index (χ1n) is 7.15. The van der Waals surface area contributed by atoms with E-state index in [2.05, 4.69) is 10.6 Å². The number of carbonyl (C=O) groups is 2. The lowest BCUT2D eigenvalue weighted by atomic mass is 10.2. The number of para-hydroxylation sites is 1. The number of hydrogen-bond donors (Lipinski definition) is 2. The number of thioether (sulfide) groups is 1. The van der Waals surface area contributed by atoms with Crippen LogP contribution >= 0.6 is 11.8 Å². The van der Waals surface area contributed by atoms with Gasteiger partial charge in [0.2, 0.25) is 11.8 Å². The Labute approximate surface area is 137 Å². The Kier molecular flexibility index (Phi) is 4.34. The van der Waals surface area contributed by atoms with E-state index in [1.165, 1.54) is 30.0 Å². The number of anilines is 2. The molecule has 118 valence electrons. The Hall–Kier alpha value is -2.34. The molecule has 2 aromatic carbocycles. The summed E-state index contributed by atoms with van der Waals surface area (Å²) in [5.41, 5.74) is 1.97. The first-order chi connectivity index (χ1) is 11.0. The summed E-state index contributed by atoms with van der Waals surface area (Å²) >= 11 is 1.38. The largest absolute Gasteiger partial charge is 0.326 e. The molecule has 0 aromatic heterocycles. The predicted octanol–water partition coefficient (Wildman–Crippen LogP) is 3.58.